The molecule has 6 heteroatoms. The Bertz CT molecular complexity index is 412. The number of halogens is 2. The predicted molar refractivity (Wildman–Crippen MR) is 67.8 cm³/mol. The summed E-state index contributed by atoms with van der Waals surface area (Å²) >= 11 is 0. The lowest BCUT2D eigenvalue weighted by Crippen LogP contribution is -2.53. The summed E-state index contributed by atoms with van der Waals surface area (Å²) in [7, 11) is 0. The van der Waals surface area contributed by atoms with E-state index in [2.05, 4.69) is 0 Å². The fourth-order valence-electron chi connectivity index (χ4n) is 1.66. The van der Waals surface area contributed by atoms with Gasteiger partial charge in [-0.1, -0.05) is 30.3 Å². The highest BCUT2D eigenvalue weighted by Gasteiger charge is 2.41. The van der Waals surface area contributed by atoms with E-state index >= 15 is 0 Å². The average molecular weight is 272 g/mol. The van der Waals surface area contributed by atoms with Gasteiger partial charge >= 0.3 is 0 Å². The van der Waals surface area contributed by atoms with Crippen LogP contribution in [0.3, 0.4) is 0 Å². The maximum atomic E-state index is 13.6. The summed E-state index contributed by atoms with van der Waals surface area (Å²) in [5.41, 5.74) is 6.37. The molecule has 0 heterocycles. The molecule has 1 aromatic rings. The van der Waals surface area contributed by atoms with Crippen LogP contribution in [-0.2, 0) is 11.2 Å². The second-order valence-corrected chi connectivity index (χ2v) is 4.47. The van der Waals surface area contributed by atoms with Crippen molar-refractivity contribution in [3.63, 3.8) is 0 Å². The number of nitrogens with one attached hydrogen (secondary N) is 1. The van der Waals surface area contributed by atoms with E-state index in [1.807, 2.05) is 5.32 Å². The average Bonchev–Trinajstić information content (AvgIpc) is 2.36. The molecular weight excluding hydrogens is 254 g/mol. The largest absolute Gasteiger partial charge is 0.385 e. The number of aliphatic hydroxyl groups is 1. The van der Waals surface area contributed by atoms with Crippen LogP contribution in [0.4, 0.5) is 8.78 Å². The summed E-state index contributed by atoms with van der Waals surface area (Å²) in [5.74, 6) is -4.04. The van der Waals surface area contributed by atoms with Crippen molar-refractivity contribution in [3.8, 4) is 0 Å². The first-order chi connectivity index (χ1) is 8.83. The molecule has 4 N–H and O–H groups in total. The van der Waals surface area contributed by atoms with Crippen LogP contribution >= 0.6 is 0 Å². The Kier molecular flexibility index (Phi) is 5.38. The zero-order valence-corrected chi connectivity index (χ0v) is 10.6. The Morgan fingerprint density at radius 3 is 2.53 bits per heavy atom. The Hall–Kier alpha value is -1.53. The third-order valence-electron chi connectivity index (χ3n) is 2.73. The minimum atomic E-state index is -3.46. The van der Waals surface area contributed by atoms with Gasteiger partial charge in [-0.05, 0) is 12.0 Å². The summed E-state index contributed by atoms with van der Waals surface area (Å²) in [6.07, 6.45) is -1.88. The Morgan fingerprint density at radius 1 is 1.42 bits per heavy atom. The molecule has 1 amide bonds. The molecule has 0 bridgehead atoms. The normalized spacial score (nSPS) is 14.8. The molecule has 0 aromatic heterocycles. The summed E-state index contributed by atoms with van der Waals surface area (Å²) in [5, 5.41) is 11.6. The summed E-state index contributed by atoms with van der Waals surface area (Å²) in [6.45, 7) is 0.207. The highest BCUT2D eigenvalue weighted by Crippen LogP contribution is 2.21. The monoisotopic (exact) mass is 272 g/mol. The van der Waals surface area contributed by atoms with Gasteiger partial charge in [0.2, 0.25) is 5.91 Å². The van der Waals surface area contributed by atoms with Crippen LogP contribution in [0, 0.1) is 0 Å². The molecule has 0 saturated carbocycles. The van der Waals surface area contributed by atoms with Crippen molar-refractivity contribution in [1.29, 1.82) is 0 Å². The molecule has 4 nitrogen and oxygen atoms in total. The number of rotatable bonds is 6. The number of hydrogen-bond acceptors (Lipinski definition) is 3. The molecule has 1 rings (SSSR count). The standard InChI is InChI=1S/C13H18F2N2O2/c1-9(18)17-8-13(14,15)12(19)11(16)7-10-5-3-2-4-6-10/h2-6,11-12,19H,7-8,16H2,1H3,(H,17,18). The minimum absolute atomic E-state index is 0.137. The van der Waals surface area contributed by atoms with Crippen molar-refractivity contribution in [2.75, 3.05) is 6.54 Å². The Labute approximate surface area is 110 Å². The SMILES string of the molecule is CC(=O)NCC(F)(F)C(O)C(N)Cc1ccccc1. The van der Waals surface area contributed by atoms with Gasteiger partial charge in [0.25, 0.3) is 5.92 Å². The minimum Gasteiger partial charge on any atom is -0.385 e. The number of carbonyl (C=O) groups excluding carboxylic acids is 1. The molecule has 0 fully saturated rings. The first-order valence-electron chi connectivity index (χ1n) is 5.93. The van der Waals surface area contributed by atoms with Gasteiger partial charge in [-0.2, -0.15) is 0 Å². The molecule has 0 spiro atoms. The first kappa shape index (κ1) is 15.5. The lowest BCUT2D eigenvalue weighted by molar-refractivity contribution is -0.130. The van der Waals surface area contributed by atoms with Crippen molar-refractivity contribution in [1.82, 2.24) is 5.32 Å². The number of amides is 1. The number of alkyl halides is 2. The fraction of sp³-hybridized carbons (Fsp3) is 0.462. The van der Waals surface area contributed by atoms with E-state index in [4.69, 9.17) is 5.73 Å². The van der Waals surface area contributed by atoms with Crippen LogP contribution in [0.2, 0.25) is 0 Å². The zero-order valence-electron chi connectivity index (χ0n) is 10.6. The molecule has 0 radical (unpaired) electrons. The number of carbonyl (C=O) groups is 1. The molecule has 2 unspecified atom stereocenters. The van der Waals surface area contributed by atoms with Crippen LogP contribution in [0.25, 0.3) is 0 Å². The molecule has 0 aliphatic heterocycles. The van der Waals surface area contributed by atoms with Crippen LogP contribution < -0.4 is 11.1 Å². The number of hydrogen-bond donors (Lipinski definition) is 3. The Balaban J connectivity index is 2.60. The molecule has 19 heavy (non-hydrogen) atoms. The van der Waals surface area contributed by atoms with E-state index < -0.39 is 30.5 Å². The van der Waals surface area contributed by atoms with Crippen molar-refractivity contribution in [3.05, 3.63) is 35.9 Å². The zero-order chi connectivity index (χ0) is 14.5. The molecule has 106 valence electrons. The number of aliphatic hydroxyl groups excluding tert-OH is 1. The van der Waals surface area contributed by atoms with Gasteiger partial charge in [-0.3, -0.25) is 4.79 Å². The van der Waals surface area contributed by atoms with Crippen LogP contribution in [0.15, 0.2) is 30.3 Å². The van der Waals surface area contributed by atoms with Crippen LogP contribution in [-0.4, -0.2) is 35.6 Å². The summed E-state index contributed by atoms with van der Waals surface area (Å²) < 4.78 is 27.2. The van der Waals surface area contributed by atoms with Gasteiger partial charge in [0.15, 0.2) is 0 Å². The highest BCUT2D eigenvalue weighted by atomic mass is 19.3. The predicted octanol–water partition coefficient (Wildman–Crippen LogP) is 0.689. The second-order valence-electron chi connectivity index (χ2n) is 4.47. The van der Waals surface area contributed by atoms with E-state index in [0.717, 1.165) is 12.5 Å². The number of nitrogens with two attached hydrogens (primary N) is 1. The quantitative estimate of drug-likeness (QED) is 0.713. The number of benzene rings is 1. The molecule has 0 aliphatic rings. The highest BCUT2D eigenvalue weighted by molar-refractivity contribution is 5.72. The molecule has 0 saturated heterocycles. The Morgan fingerprint density at radius 2 is 2.00 bits per heavy atom. The van der Waals surface area contributed by atoms with Crippen molar-refractivity contribution in [2.24, 2.45) is 5.73 Å². The molecular formula is C13H18F2N2O2. The maximum absolute atomic E-state index is 13.6. The molecule has 2 atom stereocenters. The van der Waals surface area contributed by atoms with Gasteiger partial charge in [-0.25, -0.2) is 8.78 Å². The smallest absolute Gasteiger partial charge is 0.291 e. The van der Waals surface area contributed by atoms with Crippen LogP contribution in [0.1, 0.15) is 12.5 Å². The van der Waals surface area contributed by atoms with E-state index in [1.165, 1.54) is 0 Å². The van der Waals surface area contributed by atoms with E-state index in [1.54, 1.807) is 30.3 Å². The van der Waals surface area contributed by atoms with E-state index in [-0.39, 0.29) is 6.42 Å². The fourth-order valence-corrected chi connectivity index (χ4v) is 1.66. The van der Waals surface area contributed by atoms with Crippen molar-refractivity contribution < 1.29 is 18.7 Å². The summed E-state index contributed by atoms with van der Waals surface area (Å²) in [6, 6.07) is 7.73. The third-order valence-corrected chi connectivity index (χ3v) is 2.73. The topological polar surface area (TPSA) is 75.3 Å². The second kappa shape index (κ2) is 6.58. The maximum Gasteiger partial charge on any atom is 0.291 e. The molecule has 0 aliphatic carbocycles. The lowest BCUT2D eigenvalue weighted by Gasteiger charge is -2.27. The van der Waals surface area contributed by atoms with Crippen LogP contribution in [0.5, 0.6) is 0 Å². The first-order valence-corrected chi connectivity index (χ1v) is 5.93. The van der Waals surface area contributed by atoms with Gasteiger partial charge in [0.1, 0.15) is 6.10 Å². The van der Waals surface area contributed by atoms with E-state index in [0.29, 0.717) is 0 Å². The van der Waals surface area contributed by atoms with Gasteiger partial charge < -0.3 is 16.2 Å². The van der Waals surface area contributed by atoms with Gasteiger partial charge in [0, 0.05) is 13.0 Å². The third kappa shape index (κ3) is 4.92. The lowest BCUT2D eigenvalue weighted by atomic mass is 9.98. The summed E-state index contributed by atoms with van der Waals surface area (Å²) in [4.78, 5) is 10.6. The van der Waals surface area contributed by atoms with Gasteiger partial charge in [-0.15, -0.1) is 0 Å². The van der Waals surface area contributed by atoms with Crippen molar-refractivity contribution in [2.45, 2.75) is 31.4 Å². The van der Waals surface area contributed by atoms with Crippen molar-refractivity contribution >= 4 is 5.91 Å². The van der Waals surface area contributed by atoms with Gasteiger partial charge in [0.05, 0.1) is 6.54 Å². The molecule has 1 aromatic carbocycles. The van der Waals surface area contributed by atoms with E-state index in [9.17, 15) is 18.7 Å².